The summed E-state index contributed by atoms with van der Waals surface area (Å²) in [5.74, 6) is -1.04. The largest absolute Gasteiger partial charge is 0.360 e. The maximum absolute atomic E-state index is 12.5. The average Bonchev–Trinajstić information content (AvgIpc) is 3.18. The van der Waals surface area contributed by atoms with E-state index >= 15 is 0 Å². The van der Waals surface area contributed by atoms with Gasteiger partial charge in [-0.2, -0.15) is 0 Å². The number of rotatable bonds is 3. The number of carbonyl (C=O) groups is 2. The highest BCUT2D eigenvalue weighted by Gasteiger charge is 2.27. The molecule has 1 amide bonds. The van der Waals surface area contributed by atoms with Crippen molar-refractivity contribution in [3.05, 3.63) is 70.9 Å². The van der Waals surface area contributed by atoms with Gasteiger partial charge < -0.3 is 10.3 Å². The van der Waals surface area contributed by atoms with Crippen molar-refractivity contribution in [3.8, 4) is 0 Å². The Balaban J connectivity index is 1.56. The number of aromatic amines is 1. The van der Waals surface area contributed by atoms with Crippen molar-refractivity contribution in [3.63, 3.8) is 0 Å². The predicted octanol–water partition coefficient (Wildman–Crippen LogP) is 3.46. The van der Waals surface area contributed by atoms with Gasteiger partial charge in [0, 0.05) is 17.1 Å². The van der Waals surface area contributed by atoms with E-state index in [9.17, 15) is 9.59 Å². The van der Waals surface area contributed by atoms with Gasteiger partial charge in [0.1, 0.15) is 0 Å². The second kappa shape index (κ2) is 5.64. The molecular formula is C20H18N2O2. The van der Waals surface area contributed by atoms with Crippen LogP contribution in [0.1, 0.15) is 39.5 Å². The van der Waals surface area contributed by atoms with Crippen LogP contribution in [0.15, 0.2) is 48.7 Å². The van der Waals surface area contributed by atoms with Gasteiger partial charge in [0.15, 0.2) is 0 Å². The summed E-state index contributed by atoms with van der Waals surface area (Å²) in [6, 6.07) is 13.7. The Bertz CT molecular complexity index is 955. The number of aryl methyl sites for hydroxylation is 2. The van der Waals surface area contributed by atoms with Crippen LogP contribution in [-0.4, -0.2) is 16.7 Å². The lowest BCUT2D eigenvalue weighted by Gasteiger charge is -2.13. The molecule has 2 aromatic carbocycles. The van der Waals surface area contributed by atoms with E-state index in [4.69, 9.17) is 0 Å². The molecule has 0 bridgehead atoms. The summed E-state index contributed by atoms with van der Waals surface area (Å²) in [5.41, 5.74) is 4.89. The van der Waals surface area contributed by atoms with Gasteiger partial charge in [-0.05, 0) is 37.0 Å². The molecule has 0 spiro atoms. The molecule has 1 heterocycles. The van der Waals surface area contributed by atoms with E-state index in [0.717, 1.165) is 29.3 Å². The Morgan fingerprint density at radius 1 is 1.17 bits per heavy atom. The van der Waals surface area contributed by atoms with E-state index in [0.29, 0.717) is 5.56 Å². The van der Waals surface area contributed by atoms with Crippen LogP contribution in [0.25, 0.3) is 10.9 Å². The lowest BCUT2D eigenvalue weighted by atomic mass is 10.0. The van der Waals surface area contributed by atoms with Gasteiger partial charge in [0.05, 0.1) is 11.6 Å². The molecule has 0 saturated heterocycles. The molecule has 1 unspecified atom stereocenters. The number of amides is 1. The fourth-order valence-electron chi connectivity index (χ4n) is 3.50. The van der Waals surface area contributed by atoms with E-state index in [-0.39, 0.29) is 6.04 Å². The molecule has 1 aliphatic carbocycles. The predicted molar refractivity (Wildman–Crippen MR) is 93.0 cm³/mol. The Labute approximate surface area is 139 Å². The van der Waals surface area contributed by atoms with E-state index in [1.54, 1.807) is 6.20 Å². The van der Waals surface area contributed by atoms with E-state index < -0.39 is 11.7 Å². The number of hydrogen-bond acceptors (Lipinski definition) is 2. The fraction of sp³-hybridized carbons (Fsp3) is 0.200. The lowest BCUT2D eigenvalue weighted by molar-refractivity contribution is -0.117. The number of para-hydroxylation sites is 1. The van der Waals surface area contributed by atoms with Crippen LogP contribution in [0.3, 0.4) is 0 Å². The van der Waals surface area contributed by atoms with Gasteiger partial charge in [0.2, 0.25) is 0 Å². The van der Waals surface area contributed by atoms with Crippen molar-refractivity contribution >= 4 is 22.6 Å². The van der Waals surface area contributed by atoms with Crippen molar-refractivity contribution in [2.24, 2.45) is 0 Å². The minimum Gasteiger partial charge on any atom is -0.360 e. The highest BCUT2D eigenvalue weighted by molar-refractivity contribution is 6.45. The molecule has 24 heavy (non-hydrogen) atoms. The second-order valence-electron chi connectivity index (χ2n) is 6.34. The first-order valence-electron chi connectivity index (χ1n) is 8.14. The van der Waals surface area contributed by atoms with Crippen LogP contribution in [0.5, 0.6) is 0 Å². The number of fused-ring (bicyclic) bond motifs is 2. The van der Waals surface area contributed by atoms with Crippen molar-refractivity contribution in [1.29, 1.82) is 0 Å². The van der Waals surface area contributed by atoms with Gasteiger partial charge in [0.25, 0.3) is 11.7 Å². The number of ketones is 1. The Morgan fingerprint density at radius 2 is 2.00 bits per heavy atom. The van der Waals surface area contributed by atoms with Crippen molar-refractivity contribution < 1.29 is 9.59 Å². The number of carbonyl (C=O) groups excluding carboxylic acids is 2. The molecule has 0 fully saturated rings. The third-order valence-electron chi connectivity index (χ3n) is 4.72. The summed E-state index contributed by atoms with van der Waals surface area (Å²) in [6.07, 6.45) is 3.38. The Kier molecular flexibility index (Phi) is 3.45. The summed E-state index contributed by atoms with van der Waals surface area (Å²) >= 11 is 0. The third kappa shape index (κ3) is 2.40. The molecule has 2 N–H and O–H groups in total. The van der Waals surface area contributed by atoms with Gasteiger partial charge in [-0.25, -0.2) is 0 Å². The summed E-state index contributed by atoms with van der Waals surface area (Å²) in [4.78, 5) is 28.0. The molecule has 0 saturated carbocycles. The third-order valence-corrected chi connectivity index (χ3v) is 4.72. The molecule has 1 aliphatic rings. The Morgan fingerprint density at radius 3 is 2.88 bits per heavy atom. The molecule has 3 aromatic rings. The number of hydrogen-bond donors (Lipinski definition) is 2. The van der Waals surface area contributed by atoms with Gasteiger partial charge in [-0.15, -0.1) is 0 Å². The highest BCUT2D eigenvalue weighted by Crippen LogP contribution is 2.31. The second-order valence-corrected chi connectivity index (χ2v) is 6.34. The first kappa shape index (κ1) is 14.7. The van der Waals surface area contributed by atoms with Crippen LogP contribution >= 0.6 is 0 Å². The van der Waals surface area contributed by atoms with E-state index in [1.165, 1.54) is 11.1 Å². The zero-order valence-corrected chi connectivity index (χ0v) is 13.4. The normalized spacial score (nSPS) is 16.1. The van der Waals surface area contributed by atoms with Crippen LogP contribution in [0.2, 0.25) is 0 Å². The Hall–Kier alpha value is -2.88. The lowest BCUT2D eigenvalue weighted by Crippen LogP contribution is -2.33. The first-order valence-corrected chi connectivity index (χ1v) is 8.14. The molecular weight excluding hydrogens is 300 g/mol. The van der Waals surface area contributed by atoms with Crippen LogP contribution < -0.4 is 5.32 Å². The number of H-pyrrole nitrogens is 1. The van der Waals surface area contributed by atoms with Crippen LogP contribution in [0, 0.1) is 6.92 Å². The average molecular weight is 318 g/mol. The topological polar surface area (TPSA) is 62.0 Å². The molecule has 0 aliphatic heterocycles. The SMILES string of the molecule is Cc1ccc2c(c1)CCC2NC(=O)C(=O)c1c[nH]c2ccccc12. The van der Waals surface area contributed by atoms with Gasteiger partial charge >= 0.3 is 0 Å². The quantitative estimate of drug-likeness (QED) is 0.574. The minimum absolute atomic E-state index is 0.0812. The highest BCUT2D eigenvalue weighted by atomic mass is 16.2. The molecule has 1 atom stereocenters. The molecule has 1 aromatic heterocycles. The van der Waals surface area contributed by atoms with Crippen LogP contribution in [0.4, 0.5) is 0 Å². The number of nitrogens with one attached hydrogen (secondary N) is 2. The summed E-state index contributed by atoms with van der Waals surface area (Å²) in [7, 11) is 0. The number of Topliss-reactive ketones (excluding diaryl/α,β-unsaturated/α-hetero) is 1. The molecule has 4 nitrogen and oxygen atoms in total. The standard InChI is InChI=1S/C20H18N2O2/c1-12-6-8-14-13(10-12)7-9-18(14)22-20(24)19(23)16-11-21-17-5-3-2-4-15(16)17/h2-6,8,10-11,18,21H,7,9H2,1H3,(H,22,24). The summed E-state index contributed by atoms with van der Waals surface area (Å²) < 4.78 is 0. The molecule has 0 radical (unpaired) electrons. The summed E-state index contributed by atoms with van der Waals surface area (Å²) in [6.45, 7) is 2.06. The van der Waals surface area contributed by atoms with Gasteiger partial charge in [-0.3, -0.25) is 9.59 Å². The first-order chi connectivity index (χ1) is 11.6. The smallest absolute Gasteiger partial charge is 0.292 e. The number of aromatic nitrogens is 1. The molecule has 4 heteroatoms. The minimum atomic E-state index is -0.543. The van der Waals surface area contributed by atoms with E-state index in [2.05, 4.69) is 29.4 Å². The zero-order valence-electron chi connectivity index (χ0n) is 13.4. The zero-order chi connectivity index (χ0) is 16.7. The molecule has 120 valence electrons. The maximum Gasteiger partial charge on any atom is 0.292 e. The monoisotopic (exact) mass is 318 g/mol. The van der Waals surface area contributed by atoms with Crippen molar-refractivity contribution in [2.45, 2.75) is 25.8 Å². The maximum atomic E-state index is 12.5. The fourth-order valence-corrected chi connectivity index (χ4v) is 3.50. The van der Waals surface area contributed by atoms with E-state index in [1.807, 2.05) is 30.3 Å². The van der Waals surface area contributed by atoms with Gasteiger partial charge in [-0.1, -0.05) is 42.0 Å². The van der Waals surface area contributed by atoms with Crippen LogP contribution in [-0.2, 0) is 11.2 Å². The number of benzene rings is 2. The molecule has 4 rings (SSSR count). The van der Waals surface area contributed by atoms with Crippen molar-refractivity contribution in [1.82, 2.24) is 10.3 Å². The van der Waals surface area contributed by atoms with Crippen molar-refractivity contribution in [2.75, 3.05) is 0 Å². The summed E-state index contributed by atoms with van der Waals surface area (Å²) in [5, 5.41) is 3.68.